The lowest BCUT2D eigenvalue weighted by Crippen LogP contribution is -2.38. The van der Waals surface area contributed by atoms with Crippen LogP contribution in [0.2, 0.25) is 0 Å². The van der Waals surface area contributed by atoms with Gasteiger partial charge >= 0.3 is 6.09 Å². The van der Waals surface area contributed by atoms with E-state index in [-0.39, 0.29) is 12.1 Å². The summed E-state index contributed by atoms with van der Waals surface area (Å²) in [7, 11) is 2.07. The van der Waals surface area contributed by atoms with Crippen LogP contribution in [0.5, 0.6) is 0 Å². The number of nitrogens with zero attached hydrogens (tertiary/aromatic N) is 1. The maximum absolute atomic E-state index is 11.7. The fourth-order valence-electron chi connectivity index (χ4n) is 3.25. The van der Waals surface area contributed by atoms with Crippen molar-refractivity contribution in [1.82, 2.24) is 10.2 Å². The van der Waals surface area contributed by atoms with Gasteiger partial charge in [-0.15, -0.1) is 0 Å². The number of carbonyl (C=O) groups is 1. The molecule has 0 bridgehead atoms. The molecule has 1 aliphatic heterocycles. The van der Waals surface area contributed by atoms with Gasteiger partial charge in [-0.2, -0.15) is 0 Å². The first-order valence-electron chi connectivity index (χ1n) is 9.01. The molecule has 140 valence electrons. The first-order valence-corrected chi connectivity index (χ1v) is 9.01. The summed E-state index contributed by atoms with van der Waals surface area (Å²) < 4.78 is 5.26. The molecule has 1 aliphatic carbocycles. The number of aliphatic hydroxyl groups is 1. The largest absolute Gasteiger partial charge is 0.444 e. The van der Waals surface area contributed by atoms with Gasteiger partial charge in [-0.25, -0.2) is 4.79 Å². The molecule has 0 aromatic rings. The van der Waals surface area contributed by atoms with Gasteiger partial charge in [0, 0.05) is 20.0 Å². The van der Waals surface area contributed by atoms with Crippen LogP contribution in [0.3, 0.4) is 0 Å². The zero-order valence-electron chi connectivity index (χ0n) is 16.3. The van der Waals surface area contributed by atoms with Crippen LogP contribution < -0.4 is 5.32 Å². The second-order valence-corrected chi connectivity index (χ2v) is 8.33. The van der Waals surface area contributed by atoms with Gasteiger partial charge < -0.3 is 20.1 Å². The summed E-state index contributed by atoms with van der Waals surface area (Å²) in [6.45, 7) is 10.0. The highest BCUT2D eigenvalue weighted by atomic mass is 16.6. The van der Waals surface area contributed by atoms with Crippen molar-refractivity contribution in [3.8, 4) is 0 Å². The highest BCUT2D eigenvalue weighted by Gasteiger charge is 2.33. The molecule has 1 heterocycles. The first-order chi connectivity index (χ1) is 11.5. The average molecular weight is 348 g/mol. The molecule has 0 radical (unpaired) electrons. The standard InChI is InChI=1S/C20H32N2O3/c1-14-12-16-15(13-20(14,5)24)9-11-22(6)17(16)8-7-10-21-18(23)25-19(2,3)4/h9,11-12,17,24H,7-8,10,13H2,1-6H3,(H,21,23). The van der Waals surface area contributed by atoms with Crippen molar-refractivity contribution in [2.75, 3.05) is 13.6 Å². The zero-order chi connectivity index (χ0) is 18.8. The molecule has 1 amide bonds. The summed E-state index contributed by atoms with van der Waals surface area (Å²) in [6, 6.07) is 0.270. The Kier molecular flexibility index (Phi) is 5.67. The molecule has 0 saturated heterocycles. The molecule has 2 rings (SSSR count). The summed E-state index contributed by atoms with van der Waals surface area (Å²) in [5, 5.41) is 13.3. The van der Waals surface area contributed by atoms with Gasteiger partial charge in [0.05, 0.1) is 11.6 Å². The minimum atomic E-state index is -0.762. The molecule has 2 aliphatic rings. The van der Waals surface area contributed by atoms with Crippen LogP contribution >= 0.6 is 0 Å². The number of amides is 1. The fourth-order valence-corrected chi connectivity index (χ4v) is 3.25. The summed E-state index contributed by atoms with van der Waals surface area (Å²) in [5.74, 6) is 0. The highest BCUT2D eigenvalue weighted by Crippen LogP contribution is 2.38. The molecule has 2 unspecified atom stereocenters. The lowest BCUT2D eigenvalue weighted by atomic mass is 9.78. The van der Waals surface area contributed by atoms with E-state index in [2.05, 4.69) is 35.6 Å². The van der Waals surface area contributed by atoms with E-state index in [1.165, 1.54) is 11.1 Å². The van der Waals surface area contributed by atoms with Crippen LogP contribution in [0.15, 0.2) is 35.1 Å². The molecule has 0 saturated carbocycles. The summed E-state index contributed by atoms with van der Waals surface area (Å²) in [6.07, 6.45) is 8.39. The van der Waals surface area contributed by atoms with Crippen molar-refractivity contribution < 1.29 is 14.6 Å². The van der Waals surface area contributed by atoms with Crippen LogP contribution in [-0.2, 0) is 4.74 Å². The van der Waals surface area contributed by atoms with Gasteiger partial charge in [0.25, 0.3) is 0 Å². The van der Waals surface area contributed by atoms with Crippen molar-refractivity contribution >= 4 is 6.09 Å². The van der Waals surface area contributed by atoms with Gasteiger partial charge in [0.2, 0.25) is 0 Å². The van der Waals surface area contributed by atoms with Gasteiger partial charge in [-0.3, -0.25) is 0 Å². The second kappa shape index (κ2) is 7.24. The van der Waals surface area contributed by atoms with Gasteiger partial charge in [0.1, 0.15) is 5.60 Å². The minimum absolute atomic E-state index is 0.270. The van der Waals surface area contributed by atoms with E-state index in [1.807, 2.05) is 34.6 Å². The SMILES string of the molecule is CC1=CC2=C(C=CN(C)C2CCCNC(=O)OC(C)(C)C)CC1(C)O. The zero-order valence-corrected chi connectivity index (χ0v) is 16.3. The molecule has 2 atom stereocenters. The molecule has 0 aromatic heterocycles. The minimum Gasteiger partial charge on any atom is -0.444 e. The maximum Gasteiger partial charge on any atom is 0.407 e. The summed E-state index contributed by atoms with van der Waals surface area (Å²) in [4.78, 5) is 13.9. The molecule has 0 aromatic carbocycles. The van der Waals surface area contributed by atoms with Crippen molar-refractivity contribution in [3.05, 3.63) is 35.1 Å². The number of alkyl carbamates (subject to hydrolysis) is 1. The Balaban J connectivity index is 1.92. The Hall–Kier alpha value is -1.75. The van der Waals surface area contributed by atoms with E-state index in [0.29, 0.717) is 13.0 Å². The van der Waals surface area contributed by atoms with Crippen molar-refractivity contribution in [3.63, 3.8) is 0 Å². The van der Waals surface area contributed by atoms with Crippen molar-refractivity contribution in [2.24, 2.45) is 0 Å². The molecule has 5 nitrogen and oxygen atoms in total. The van der Waals surface area contributed by atoms with Crippen molar-refractivity contribution in [2.45, 2.75) is 71.1 Å². The van der Waals surface area contributed by atoms with E-state index in [0.717, 1.165) is 18.4 Å². The predicted molar refractivity (Wildman–Crippen MR) is 100 cm³/mol. The number of ether oxygens (including phenoxy) is 1. The fraction of sp³-hybridized carbons (Fsp3) is 0.650. The summed E-state index contributed by atoms with van der Waals surface area (Å²) in [5.41, 5.74) is 2.26. The Labute approximate surface area is 151 Å². The van der Waals surface area contributed by atoms with E-state index in [4.69, 9.17) is 4.74 Å². The smallest absolute Gasteiger partial charge is 0.407 e. The number of hydrogen-bond donors (Lipinski definition) is 2. The van der Waals surface area contributed by atoms with E-state index < -0.39 is 11.2 Å². The number of nitrogens with one attached hydrogen (secondary N) is 1. The number of hydrogen-bond acceptors (Lipinski definition) is 4. The quantitative estimate of drug-likeness (QED) is 0.763. The van der Waals surface area contributed by atoms with Crippen LogP contribution in [0.25, 0.3) is 0 Å². The van der Waals surface area contributed by atoms with E-state index >= 15 is 0 Å². The van der Waals surface area contributed by atoms with Crippen LogP contribution in [0.1, 0.15) is 53.9 Å². The average Bonchev–Trinajstić information content (AvgIpc) is 2.45. The molecule has 5 heteroatoms. The molecule has 0 fully saturated rings. The van der Waals surface area contributed by atoms with Gasteiger partial charge in [-0.1, -0.05) is 6.08 Å². The number of allylic oxidation sites excluding steroid dienone is 1. The lowest BCUT2D eigenvalue weighted by Gasteiger charge is -2.39. The third-order valence-electron chi connectivity index (χ3n) is 4.81. The molecular formula is C20H32N2O3. The molecule has 0 spiro atoms. The Bertz CT molecular complexity index is 609. The third kappa shape index (κ3) is 5.11. The summed E-state index contributed by atoms with van der Waals surface area (Å²) >= 11 is 0. The monoisotopic (exact) mass is 348 g/mol. The molecule has 25 heavy (non-hydrogen) atoms. The first kappa shape index (κ1) is 19.6. The molecule has 2 N–H and O–H groups in total. The predicted octanol–water partition coefficient (Wildman–Crippen LogP) is 3.52. The van der Waals surface area contributed by atoms with Crippen molar-refractivity contribution in [1.29, 1.82) is 0 Å². The van der Waals surface area contributed by atoms with Crippen LogP contribution in [0.4, 0.5) is 4.79 Å². The van der Waals surface area contributed by atoms with Crippen LogP contribution in [-0.4, -0.2) is 46.9 Å². The Morgan fingerprint density at radius 2 is 2.16 bits per heavy atom. The van der Waals surface area contributed by atoms with Gasteiger partial charge in [-0.05, 0) is 76.5 Å². The number of rotatable bonds is 4. The maximum atomic E-state index is 11.7. The Morgan fingerprint density at radius 3 is 2.80 bits per heavy atom. The normalized spacial score (nSPS) is 26.3. The molecular weight excluding hydrogens is 316 g/mol. The van der Waals surface area contributed by atoms with Gasteiger partial charge in [0.15, 0.2) is 0 Å². The van der Waals surface area contributed by atoms with E-state index in [1.54, 1.807) is 0 Å². The Morgan fingerprint density at radius 1 is 1.48 bits per heavy atom. The lowest BCUT2D eigenvalue weighted by molar-refractivity contribution is 0.0526. The third-order valence-corrected chi connectivity index (χ3v) is 4.81. The second-order valence-electron chi connectivity index (χ2n) is 8.33. The van der Waals surface area contributed by atoms with E-state index in [9.17, 15) is 9.90 Å². The highest BCUT2D eigenvalue weighted by molar-refractivity contribution is 5.67. The van der Waals surface area contributed by atoms with Crippen LogP contribution in [0, 0.1) is 0 Å². The number of likely N-dealkylation sites (N-methyl/N-ethyl adjacent to an activating group) is 1. The topological polar surface area (TPSA) is 61.8 Å². The number of carbonyl (C=O) groups excluding carboxylic acids is 1.